The fourth-order valence-electron chi connectivity index (χ4n) is 3.84. The van der Waals surface area contributed by atoms with Crippen LogP contribution >= 0.6 is 0 Å². The van der Waals surface area contributed by atoms with Crippen LogP contribution in [0, 0.1) is 5.92 Å². The summed E-state index contributed by atoms with van der Waals surface area (Å²) in [6, 6.07) is 10.1. The Balaban J connectivity index is 1.78. The summed E-state index contributed by atoms with van der Waals surface area (Å²) in [6.07, 6.45) is 3.61. The number of carbonyl (C=O) groups excluding carboxylic acids is 1. The molecule has 1 aliphatic rings. The number of amides is 1. The lowest BCUT2D eigenvalue weighted by Crippen LogP contribution is -2.34. The third kappa shape index (κ3) is 4.09. The highest BCUT2D eigenvalue weighted by atomic mass is 16.2. The molecule has 3 aromatic rings. The summed E-state index contributed by atoms with van der Waals surface area (Å²) in [5, 5.41) is 5.59. The summed E-state index contributed by atoms with van der Waals surface area (Å²) in [5.41, 5.74) is 1.82. The average Bonchev–Trinajstić information content (AvgIpc) is 2.96. The number of anilines is 1. The summed E-state index contributed by atoms with van der Waals surface area (Å²) in [5.74, 6) is 2.37. The molecule has 3 heterocycles. The third-order valence-electron chi connectivity index (χ3n) is 5.29. The number of nitrogens with zero attached hydrogens (tertiary/aromatic N) is 6. The molecule has 29 heavy (non-hydrogen) atoms. The topological polar surface area (TPSA) is 67.2 Å². The van der Waals surface area contributed by atoms with Gasteiger partial charge in [-0.1, -0.05) is 32.0 Å². The van der Waals surface area contributed by atoms with Crippen LogP contribution in [0.25, 0.3) is 16.7 Å². The van der Waals surface area contributed by atoms with Crippen molar-refractivity contribution in [2.24, 2.45) is 5.92 Å². The zero-order valence-electron chi connectivity index (χ0n) is 17.4. The van der Waals surface area contributed by atoms with E-state index in [-0.39, 0.29) is 5.91 Å². The zero-order valence-corrected chi connectivity index (χ0v) is 17.4. The Hall–Kier alpha value is -2.96. The van der Waals surface area contributed by atoms with Crippen LogP contribution in [0.3, 0.4) is 0 Å². The minimum absolute atomic E-state index is 0.136. The predicted octanol–water partition coefficient (Wildman–Crippen LogP) is 3.07. The molecular weight excluding hydrogens is 364 g/mol. The molecule has 0 bridgehead atoms. The molecule has 0 aliphatic carbocycles. The van der Waals surface area contributed by atoms with Gasteiger partial charge in [-0.2, -0.15) is 5.10 Å². The van der Waals surface area contributed by atoms with Crippen molar-refractivity contribution in [3.63, 3.8) is 0 Å². The Kier molecular flexibility index (Phi) is 5.47. The molecule has 0 spiro atoms. The summed E-state index contributed by atoms with van der Waals surface area (Å²) in [7, 11) is 0. The van der Waals surface area contributed by atoms with Gasteiger partial charge in [0.1, 0.15) is 11.6 Å². The van der Waals surface area contributed by atoms with E-state index in [1.54, 1.807) is 6.92 Å². The Morgan fingerprint density at radius 2 is 1.86 bits per heavy atom. The Bertz CT molecular complexity index is 997. The monoisotopic (exact) mass is 392 g/mol. The van der Waals surface area contributed by atoms with E-state index in [0.717, 1.165) is 60.8 Å². The summed E-state index contributed by atoms with van der Waals surface area (Å²) in [6.45, 7) is 9.15. The molecule has 0 N–H and O–H groups in total. The van der Waals surface area contributed by atoms with Crippen LogP contribution in [0.4, 0.5) is 5.82 Å². The van der Waals surface area contributed by atoms with Gasteiger partial charge in [-0.15, -0.1) is 0 Å². The quantitative estimate of drug-likeness (QED) is 0.683. The van der Waals surface area contributed by atoms with Gasteiger partial charge in [0.2, 0.25) is 5.91 Å². The van der Waals surface area contributed by atoms with Gasteiger partial charge >= 0.3 is 0 Å². The zero-order chi connectivity index (χ0) is 20.4. The maximum absolute atomic E-state index is 11.8. The van der Waals surface area contributed by atoms with Crippen molar-refractivity contribution in [2.45, 2.75) is 33.6 Å². The first-order valence-electron chi connectivity index (χ1n) is 10.3. The van der Waals surface area contributed by atoms with Crippen molar-refractivity contribution in [1.82, 2.24) is 24.6 Å². The first kappa shape index (κ1) is 19.4. The SMILES string of the molecule is CC(=O)N1CCCN(c2nc(CC(C)C)nc3c2cnn3-c2ccccc2)CC1. The van der Waals surface area contributed by atoms with E-state index in [0.29, 0.717) is 12.5 Å². The van der Waals surface area contributed by atoms with Crippen LogP contribution < -0.4 is 4.90 Å². The highest BCUT2D eigenvalue weighted by molar-refractivity contribution is 5.88. The van der Waals surface area contributed by atoms with Gasteiger partial charge in [0.05, 0.1) is 17.3 Å². The molecule has 1 saturated heterocycles. The number of benzene rings is 1. The number of hydrogen-bond donors (Lipinski definition) is 0. The van der Waals surface area contributed by atoms with Gasteiger partial charge in [-0.25, -0.2) is 14.6 Å². The summed E-state index contributed by atoms with van der Waals surface area (Å²) in [4.78, 5) is 25.8. The van der Waals surface area contributed by atoms with Crippen LogP contribution in [0.1, 0.15) is 33.0 Å². The highest BCUT2D eigenvalue weighted by Crippen LogP contribution is 2.27. The molecule has 4 rings (SSSR count). The molecule has 7 nitrogen and oxygen atoms in total. The number of hydrogen-bond acceptors (Lipinski definition) is 5. The number of carbonyl (C=O) groups is 1. The van der Waals surface area contributed by atoms with E-state index in [1.807, 2.05) is 46.1 Å². The molecule has 1 fully saturated rings. The maximum atomic E-state index is 11.8. The minimum atomic E-state index is 0.136. The smallest absolute Gasteiger partial charge is 0.219 e. The van der Waals surface area contributed by atoms with Gasteiger partial charge in [0, 0.05) is 39.5 Å². The second-order valence-corrected chi connectivity index (χ2v) is 8.04. The van der Waals surface area contributed by atoms with Crippen molar-refractivity contribution in [3.8, 4) is 5.69 Å². The summed E-state index contributed by atoms with van der Waals surface area (Å²) < 4.78 is 1.89. The van der Waals surface area contributed by atoms with E-state index >= 15 is 0 Å². The van der Waals surface area contributed by atoms with Crippen LogP contribution in [0.5, 0.6) is 0 Å². The molecule has 0 unspecified atom stereocenters. The highest BCUT2D eigenvalue weighted by Gasteiger charge is 2.22. The van der Waals surface area contributed by atoms with Crippen LogP contribution in [0.2, 0.25) is 0 Å². The number of para-hydroxylation sites is 1. The van der Waals surface area contributed by atoms with Crippen molar-refractivity contribution < 1.29 is 4.79 Å². The second-order valence-electron chi connectivity index (χ2n) is 8.04. The van der Waals surface area contributed by atoms with Crippen molar-refractivity contribution >= 4 is 22.8 Å². The molecule has 0 saturated carbocycles. The number of rotatable bonds is 4. The van der Waals surface area contributed by atoms with Crippen molar-refractivity contribution in [3.05, 3.63) is 42.4 Å². The lowest BCUT2D eigenvalue weighted by atomic mass is 10.1. The molecule has 1 aromatic carbocycles. The first-order chi connectivity index (χ1) is 14.0. The standard InChI is InChI=1S/C22H28N6O/c1-16(2)14-20-24-21(27-11-7-10-26(12-13-27)17(3)29)19-15-23-28(22(19)25-20)18-8-5-4-6-9-18/h4-6,8-9,15-16H,7,10-14H2,1-3H3. The molecule has 0 radical (unpaired) electrons. The molecule has 7 heteroatoms. The first-order valence-corrected chi connectivity index (χ1v) is 10.3. The van der Waals surface area contributed by atoms with E-state index < -0.39 is 0 Å². The van der Waals surface area contributed by atoms with Gasteiger partial charge in [0.25, 0.3) is 0 Å². The normalized spacial score (nSPS) is 15.2. The lowest BCUT2D eigenvalue weighted by Gasteiger charge is -2.23. The van der Waals surface area contributed by atoms with E-state index in [1.165, 1.54) is 0 Å². The van der Waals surface area contributed by atoms with Crippen molar-refractivity contribution in [2.75, 3.05) is 31.1 Å². The number of aromatic nitrogens is 4. The van der Waals surface area contributed by atoms with E-state index in [9.17, 15) is 4.79 Å². The molecule has 1 amide bonds. The van der Waals surface area contributed by atoms with Crippen LogP contribution in [0.15, 0.2) is 36.5 Å². The second kappa shape index (κ2) is 8.19. The van der Waals surface area contributed by atoms with Crippen molar-refractivity contribution in [1.29, 1.82) is 0 Å². The van der Waals surface area contributed by atoms with Gasteiger partial charge in [-0.3, -0.25) is 4.79 Å². The Labute approximate surface area is 171 Å². The predicted molar refractivity (Wildman–Crippen MR) is 114 cm³/mol. The van der Waals surface area contributed by atoms with Gasteiger partial charge in [-0.05, 0) is 24.5 Å². The molecule has 0 atom stereocenters. The number of fused-ring (bicyclic) bond motifs is 1. The summed E-state index contributed by atoms with van der Waals surface area (Å²) >= 11 is 0. The average molecular weight is 393 g/mol. The minimum Gasteiger partial charge on any atom is -0.354 e. The molecular formula is C22H28N6O. The van der Waals surface area contributed by atoms with Gasteiger partial charge < -0.3 is 9.80 Å². The third-order valence-corrected chi connectivity index (χ3v) is 5.29. The molecule has 1 aliphatic heterocycles. The molecule has 2 aromatic heterocycles. The largest absolute Gasteiger partial charge is 0.354 e. The van der Waals surface area contributed by atoms with Crippen LogP contribution in [-0.4, -0.2) is 56.7 Å². The van der Waals surface area contributed by atoms with E-state index in [2.05, 4.69) is 23.8 Å². The van der Waals surface area contributed by atoms with Gasteiger partial charge in [0.15, 0.2) is 5.65 Å². The molecule has 152 valence electrons. The van der Waals surface area contributed by atoms with E-state index in [4.69, 9.17) is 9.97 Å². The Morgan fingerprint density at radius 3 is 2.59 bits per heavy atom. The van der Waals surface area contributed by atoms with Crippen LogP contribution in [-0.2, 0) is 11.2 Å². The maximum Gasteiger partial charge on any atom is 0.219 e. The lowest BCUT2D eigenvalue weighted by molar-refractivity contribution is -0.128. The Morgan fingerprint density at radius 1 is 1.07 bits per heavy atom. The fourth-order valence-corrected chi connectivity index (χ4v) is 3.84. The fraction of sp³-hybridized carbons (Fsp3) is 0.455.